The van der Waals surface area contributed by atoms with Gasteiger partial charge in [0.15, 0.2) is 4.73 Å². The van der Waals surface area contributed by atoms with Crippen LogP contribution in [0.5, 0.6) is 5.75 Å². The molecule has 0 fully saturated rings. The van der Waals surface area contributed by atoms with E-state index in [1.54, 1.807) is 0 Å². The van der Waals surface area contributed by atoms with Crippen LogP contribution in [0, 0.1) is 0 Å². The van der Waals surface area contributed by atoms with Gasteiger partial charge < -0.3 is 14.2 Å². The molecule has 1 amide bonds. The number of amides is 1. The third-order valence-electron chi connectivity index (χ3n) is 4.42. The molecule has 0 spiro atoms. The predicted octanol–water partition coefficient (Wildman–Crippen LogP) is 3.10. The van der Waals surface area contributed by atoms with E-state index in [9.17, 15) is 4.79 Å². The summed E-state index contributed by atoms with van der Waals surface area (Å²) in [7, 11) is 1.98. The Balaban J connectivity index is 1.57. The summed E-state index contributed by atoms with van der Waals surface area (Å²) in [5.41, 5.74) is 3.38. The van der Waals surface area contributed by atoms with Gasteiger partial charge in [0.25, 0.3) is 0 Å². The smallest absolute Gasteiger partial charge is 0.223 e. The topological polar surface area (TPSA) is 47.4 Å². The molecule has 5 nitrogen and oxygen atoms in total. The first kappa shape index (κ1) is 17.0. The number of fused-ring (bicyclic) bond motifs is 1. The van der Waals surface area contributed by atoms with Crippen molar-refractivity contribution in [1.29, 1.82) is 0 Å². The van der Waals surface area contributed by atoms with Crippen molar-refractivity contribution in [3.63, 3.8) is 0 Å². The van der Waals surface area contributed by atoms with E-state index in [1.807, 2.05) is 47.7 Å². The number of benzene rings is 1. The van der Waals surface area contributed by atoms with E-state index >= 15 is 0 Å². The third kappa shape index (κ3) is 3.64. The van der Waals surface area contributed by atoms with Crippen LogP contribution in [0.25, 0.3) is 0 Å². The lowest BCUT2D eigenvalue weighted by atomic mass is 10.1. The monoisotopic (exact) mass is 391 g/mol. The Kier molecular flexibility index (Phi) is 5.23. The lowest BCUT2D eigenvalue weighted by Crippen LogP contribution is -2.36. The zero-order chi connectivity index (χ0) is 17.1. The van der Waals surface area contributed by atoms with E-state index in [1.165, 1.54) is 0 Å². The summed E-state index contributed by atoms with van der Waals surface area (Å²) in [5.74, 6) is 1.07. The molecule has 1 aliphatic rings. The minimum absolute atomic E-state index is 0.201. The van der Waals surface area contributed by atoms with Gasteiger partial charge in [0.05, 0.1) is 24.5 Å². The fourth-order valence-corrected chi connectivity index (χ4v) is 3.42. The zero-order valence-electron chi connectivity index (χ0n) is 14.1. The number of aromatic nitrogens is 2. The van der Waals surface area contributed by atoms with Crippen LogP contribution >= 0.6 is 15.9 Å². The molecular formula is C18H22BrN3O2. The maximum atomic E-state index is 12.5. The van der Waals surface area contributed by atoms with Crippen molar-refractivity contribution in [3.8, 4) is 5.75 Å². The predicted molar refractivity (Wildman–Crippen MR) is 96.0 cm³/mol. The molecule has 1 aliphatic heterocycles. The molecule has 2 aromatic rings. The fourth-order valence-electron chi connectivity index (χ4n) is 3.00. The molecule has 0 N–H and O–H groups in total. The molecule has 2 heterocycles. The van der Waals surface area contributed by atoms with Crippen LogP contribution in [0.1, 0.15) is 30.3 Å². The van der Waals surface area contributed by atoms with Gasteiger partial charge in [-0.2, -0.15) is 0 Å². The number of hydrogen-bond donors (Lipinski definition) is 0. The Bertz CT molecular complexity index is 725. The number of rotatable bonds is 5. The summed E-state index contributed by atoms with van der Waals surface area (Å²) in [4.78, 5) is 19.0. The van der Waals surface area contributed by atoms with Crippen molar-refractivity contribution < 1.29 is 9.53 Å². The summed E-state index contributed by atoms with van der Waals surface area (Å²) >= 11 is 3.45. The highest BCUT2D eigenvalue weighted by atomic mass is 79.9. The molecule has 0 unspecified atom stereocenters. The van der Waals surface area contributed by atoms with Crippen molar-refractivity contribution in [2.45, 2.75) is 32.7 Å². The second kappa shape index (κ2) is 7.38. The van der Waals surface area contributed by atoms with Gasteiger partial charge in [0.2, 0.25) is 5.91 Å². The van der Waals surface area contributed by atoms with Gasteiger partial charge in [0, 0.05) is 26.4 Å². The molecule has 0 saturated heterocycles. The molecule has 0 radical (unpaired) electrons. The minimum Gasteiger partial charge on any atom is -0.494 e. The number of nitrogens with zero attached hydrogens (tertiary/aromatic N) is 3. The molecular weight excluding hydrogens is 370 g/mol. The van der Waals surface area contributed by atoms with Gasteiger partial charge in [-0.15, -0.1) is 0 Å². The number of imidazole rings is 1. The zero-order valence-corrected chi connectivity index (χ0v) is 15.7. The Morgan fingerprint density at radius 1 is 1.33 bits per heavy atom. The van der Waals surface area contributed by atoms with E-state index in [4.69, 9.17) is 4.74 Å². The van der Waals surface area contributed by atoms with Crippen molar-refractivity contribution in [2.24, 2.45) is 7.05 Å². The first-order valence-electron chi connectivity index (χ1n) is 8.28. The average Bonchev–Trinajstić information content (AvgIpc) is 2.88. The summed E-state index contributed by atoms with van der Waals surface area (Å²) in [6.45, 7) is 4.03. The van der Waals surface area contributed by atoms with Crippen molar-refractivity contribution in [2.75, 3.05) is 13.2 Å². The second-order valence-electron chi connectivity index (χ2n) is 5.98. The number of aryl methyl sites for hydroxylation is 1. The number of halogens is 1. The number of hydrogen-bond acceptors (Lipinski definition) is 3. The Hall–Kier alpha value is -1.82. The molecule has 24 heavy (non-hydrogen) atoms. The Morgan fingerprint density at radius 2 is 2.08 bits per heavy atom. The van der Waals surface area contributed by atoms with Crippen LogP contribution in [-0.2, 0) is 31.2 Å². The molecule has 0 aliphatic carbocycles. The maximum absolute atomic E-state index is 12.5. The summed E-state index contributed by atoms with van der Waals surface area (Å²) in [5, 5.41) is 0. The van der Waals surface area contributed by atoms with Crippen molar-refractivity contribution >= 4 is 21.8 Å². The number of ether oxygens (including phenoxy) is 1. The average molecular weight is 392 g/mol. The van der Waals surface area contributed by atoms with Gasteiger partial charge in [-0.05, 0) is 47.0 Å². The van der Waals surface area contributed by atoms with E-state index in [-0.39, 0.29) is 5.91 Å². The van der Waals surface area contributed by atoms with E-state index in [2.05, 4.69) is 20.9 Å². The number of carbonyl (C=O) groups excluding carboxylic acids is 1. The van der Waals surface area contributed by atoms with Gasteiger partial charge in [-0.3, -0.25) is 4.79 Å². The molecule has 0 bridgehead atoms. The molecule has 0 saturated carbocycles. The largest absolute Gasteiger partial charge is 0.494 e. The fraction of sp³-hybridized carbons (Fsp3) is 0.444. The van der Waals surface area contributed by atoms with Crippen molar-refractivity contribution in [1.82, 2.24) is 14.5 Å². The summed E-state index contributed by atoms with van der Waals surface area (Å²) < 4.78 is 8.29. The second-order valence-corrected chi connectivity index (χ2v) is 6.68. The molecule has 128 valence electrons. The molecule has 1 aromatic carbocycles. The lowest BCUT2D eigenvalue weighted by Gasteiger charge is -2.27. The van der Waals surface area contributed by atoms with Crippen LogP contribution < -0.4 is 4.74 Å². The van der Waals surface area contributed by atoms with E-state index < -0.39 is 0 Å². The summed E-state index contributed by atoms with van der Waals surface area (Å²) in [6, 6.07) is 7.99. The van der Waals surface area contributed by atoms with Gasteiger partial charge >= 0.3 is 0 Å². The van der Waals surface area contributed by atoms with Crippen LogP contribution in [-0.4, -0.2) is 33.5 Å². The van der Waals surface area contributed by atoms with Gasteiger partial charge in [-0.25, -0.2) is 4.98 Å². The quantitative estimate of drug-likeness (QED) is 0.786. The van der Waals surface area contributed by atoms with Crippen LogP contribution in [0.2, 0.25) is 0 Å². The SMILES string of the molecule is CCOc1ccc(CCC(=O)N2CCc3nc(Br)n(C)c3C2)cc1. The Labute approximate surface area is 150 Å². The molecule has 6 heteroatoms. The first-order chi connectivity index (χ1) is 11.6. The van der Waals surface area contributed by atoms with Gasteiger partial charge in [0.1, 0.15) is 5.75 Å². The van der Waals surface area contributed by atoms with Gasteiger partial charge in [-0.1, -0.05) is 12.1 Å². The van der Waals surface area contributed by atoms with Crippen LogP contribution in [0.3, 0.4) is 0 Å². The highest BCUT2D eigenvalue weighted by molar-refractivity contribution is 9.10. The van der Waals surface area contributed by atoms with Crippen LogP contribution in [0.15, 0.2) is 29.0 Å². The normalized spacial score (nSPS) is 13.7. The van der Waals surface area contributed by atoms with E-state index in [0.717, 1.165) is 46.8 Å². The third-order valence-corrected chi connectivity index (χ3v) is 5.13. The van der Waals surface area contributed by atoms with Crippen LogP contribution in [0.4, 0.5) is 0 Å². The molecule has 0 atom stereocenters. The number of carbonyl (C=O) groups is 1. The highest BCUT2D eigenvalue weighted by Crippen LogP contribution is 2.23. The summed E-state index contributed by atoms with van der Waals surface area (Å²) in [6.07, 6.45) is 2.11. The van der Waals surface area contributed by atoms with Crippen molar-refractivity contribution in [3.05, 3.63) is 46.0 Å². The van der Waals surface area contributed by atoms with E-state index in [0.29, 0.717) is 19.6 Å². The Morgan fingerprint density at radius 3 is 2.79 bits per heavy atom. The molecule has 3 rings (SSSR count). The molecule has 1 aromatic heterocycles. The first-order valence-corrected chi connectivity index (χ1v) is 9.07. The maximum Gasteiger partial charge on any atom is 0.223 e. The standard InChI is InChI=1S/C18H22BrN3O2/c1-3-24-14-7-4-13(5-8-14)6-9-17(23)22-11-10-15-16(12-22)21(2)18(19)20-15/h4-5,7-8H,3,6,9-12H2,1-2H3. The lowest BCUT2D eigenvalue weighted by molar-refractivity contribution is -0.132. The minimum atomic E-state index is 0.201. The highest BCUT2D eigenvalue weighted by Gasteiger charge is 2.24.